The number of pyridine rings is 1. The molecule has 0 unspecified atom stereocenters. The van der Waals surface area contributed by atoms with Crippen molar-refractivity contribution in [3.63, 3.8) is 0 Å². The zero-order valence-electron chi connectivity index (χ0n) is 11.9. The highest BCUT2D eigenvalue weighted by Gasteiger charge is 2.03. The van der Waals surface area contributed by atoms with E-state index in [1.54, 1.807) is 36.7 Å². The molecular formula is C16H18N2O3. The SMILES string of the molecule is CN(CCOc1ccc(C(=O)O)cc1)Cc1ccncc1. The number of likely N-dealkylation sites (N-methyl/N-ethyl adjacent to an activating group) is 1. The Morgan fingerprint density at radius 1 is 1.19 bits per heavy atom. The number of aromatic carboxylic acids is 1. The largest absolute Gasteiger partial charge is 0.492 e. The molecule has 0 radical (unpaired) electrons. The van der Waals surface area contributed by atoms with Gasteiger partial charge in [-0.3, -0.25) is 9.88 Å². The Kier molecular flexibility index (Phi) is 5.29. The first kappa shape index (κ1) is 15.0. The number of hydrogen-bond donors (Lipinski definition) is 1. The highest BCUT2D eigenvalue weighted by molar-refractivity contribution is 5.87. The molecule has 5 heteroatoms. The molecule has 0 aliphatic carbocycles. The van der Waals surface area contributed by atoms with Gasteiger partial charge in [0.25, 0.3) is 0 Å². The van der Waals surface area contributed by atoms with Crippen LogP contribution in [0.5, 0.6) is 5.75 Å². The molecule has 1 heterocycles. The first-order chi connectivity index (χ1) is 10.1. The van der Waals surface area contributed by atoms with Gasteiger partial charge in [-0.15, -0.1) is 0 Å². The quantitative estimate of drug-likeness (QED) is 0.846. The van der Waals surface area contributed by atoms with E-state index in [1.807, 2.05) is 19.2 Å². The van der Waals surface area contributed by atoms with E-state index >= 15 is 0 Å². The van der Waals surface area contributed by atoms with E-state index in [1.165, 1.54) is 5.56 Å². The van der Waals surface area contributed by atoms with E-state index in [-0.39, 0.29) is 5.56 Å². The monoisotopic (exact) mass is 286 g/mol. The van der Waals surface area contributed by atoms with Crippen LogP contribution in [0.3, 0.4) is 0 Å². The lowest BCUT2D eigenvalue weighted by Gasteiger charge is -2.17. The molecule has 1 aromatic carbocycles. The Balaban J connectivity index is 1.74. The number of aromatic nitrogens is 1. The molecule has 0 fully saturated rings. The van der Waals surface area contributed by atoms with Crippen LogP contribution in [0.15, 0.2) is 48.8 Å². The standard InChI is InChI=1S/C16H18N2O3/c1-18(12-13-6-8-17-9-7-13)10-11-21-15-4-2-14(3-5-15)16(19)20/h2-9H,10-12H2,1H3,(H,19,20). The molecule has 5 nitrogen and oxygen atoms in total. The Morgan fingerprint density at radius 2 is 1.86 bits per heavy atom. The molecule has 0 saturated heterocycles. The van der Waals surface area contributed by atoms with Crippen LogP contribution in [0, 0.1) is 0 Å². The predicted octanol–water partition coefficient (Wildman–Crippen LogP) is 2.29. The molecule has 0 spiro atoms. The normalized spacial score (nSPS) is 10.6. The number of ether oxygens (including phenoxy) is 1. The molecule has 2 rings (SSSR count). The lowest BCUT2D eigenvalue weighted by atomic mass is 10.2. The average molecular weight is 286 g/mol. The van der Waals surface area contributed by atoms with Crippen molar-refractivity contribution in [1.82, 2.24) is 9.88 Å². The Labute approximate surface area is 123 Å². The summed E-state index contributed by atoms with van der Waals surface area (Å²) in [6, 6.07) is 10.4. The maximum atomic E-state index is 10.7. The van der Waals surface area contributed by atoms with E-state index < -0.39 is 5.97 Å². The van der Waals surface area contributed by atoms with Crippen molar-refractivity contribution < 1.29 is 14.6 Å². The lowest BCUT2D eigenvalue weighted by Crippen LogP contribution is -2.23. The van der Waals surface area contributed by atoms with Crippen LogP contribution < -0.4 is 4.74 Å². The summed E-state index contributed by atoms with van der Waals surface area (Å²) in [4.78, 5) is 16.9. The summed E-state index contributed by atoms with van der Waals surface area (Å²) in [5.41, 5.74) is 1.47. The van der Waals surface area contributed by atoms with E-state index in [0.717, 1.165) is 13.1 Å². The van der Waals surface area contributed by atoms with Crippen molar-refractivity contribution in [3.8, 4) is 5.75 Å². The summed E-state index contributed by atoms with van der Waals surface area (Å²) >= 11 is 0. The Hall–Kier alpha value is -2.40. The van der Waals surface area contributed by atoms with Crippen LogP contribution >= 0.6 is 0 Å². The number of nitrogens with zero attached hydrogens (tertiary/aromatic N) is 2. The molecule has 110 valence electrons. The van der Waals surface area contributed by atoms with Crippen LogP contribution in [0.25, 0.3) is 0 Å². The third kappa shape index (κ3) is 4.89. The summed E-state index contributed by atoms with van der Waals surface area (Å²) in [7, 11) is 2.03. The minimum absolute atomic E-state index is 0.261. The molecule has 1 N–H and O–H groups in total. The summed E-state index contributed by atoms with van der Waals surface area (Å²) in [5.74, 6) is -0.254. The zero-order valence-corrected chi connectivity index (χ0v) is 11.9. The fourth-order valence-electron chi connectivity index (χ4n) is 1.89. The van der Waals surface area contributed by atoms with Crippen LogP contribution in [-0.2, 0) is 6.54 Å². The van der Waals surface area contributed by atoms with Gasteiger partial charge in [0.05, 0.1) is 5.56 Å². The molecule has 0 aliphatic rings. The number of benzene rings is 1. The van der Waals surface area contributed by atoms with E-state index in [9.17, 15) is 4.79 Å². The minimum atomic E-state index is -0.932. The molecular weight excluding hydrogens is 268 g/mol. The van der Waals surface area contributed by atoms with Gasteiger partial charge >= 0.3 is 5.97 Å². The maximum absolute atomic E-state index is 10.7. The van der Waals surface area contributed by atoms with Crippen LogP contribution in [0.2, 0.25) is 0 Å². The van der Waals surface area contributed by atoms with Gasteiger partial charge in [0.15, 0.2) is 0 Å². The second-order valence-corrected chi connectivity index (χ2v) is 4.77. The number of carboxylic acid groups (broad SMARTS) is 1. The summed E-state index contributed by atoms with van der Waals surface area (Å²) < 4.78 is 5.60. The van der Waals surface area contributed by atoms with Crippen molar-refractivity contribution in [2.45, 2.75) is 6.54 Å². The number of rotatable bonds is 7. The highest BCUT2D eigenvalue weighted by atomic mass is 16.5. The van der Waals surface area contributed by atoms with Gasteiger partial charge in [-0.25, -0.2) is 4.79 Å². The van der Waals surface area contributed by atoms with Crippen LogP contribution in [0.4, 0.5) is 0 Å². The number of hydrogen-bond acceptors (Lipinski definition) is 4. The Bertz CT molecular complexity index is 570. The molecule has 0 bridgehead atoms. The molecule has 0 aliphatic heterocycles. The van der Waals surface area contributed by atoms with Crippen molar-refractivity contribution in [2.75, 3.05) is 20.2 Å². The van der Waals surface area contributed by atoms with Gasteiger partial charge in [0.1, 0.15) is 12.4 Å². The molecule has 0 atom stereocenters. The van der Waals surface area contributed by atoms with Gasteiger partial charge in [0.2, 0.25) is 0 Å². The Morgan fingerprint density at radius 3 is 2.48 bits per heavy atom. The first-order valence-electron chi connectivity index (χ1n) is 6.69. The summed E-state index contributed by atoms with van der Waals surface area (Å²) in [6.45, 7) is 2.17. The first-order valence-corrected chi connectivity index (χ1v) is 6.69. The zero-order chi connectivity index (χ0) is 15.1. The molecule has 1 aromatic heterocycles. The van der Waals surface area contributed by atoms with Crippen LogP contribution in [-0.4, -0.2) is 41.2 Å². The van der Waals surface area contributed by atoms with Crippen molar-refractivity contribution in [2.24, 2.45) is 0 Å². The van der Waals surface area contributed by atoms with Gasteiger partial charge in [0, 0.05) is 25.5 Å². The van der Waals surface area contributed by atoms with Gasteiger partial charge in [-0.1, -0.05) is 0 Å². The van der Waals surface area contributed by atoms with Gasteiger partial charge in [-0.2, -0.15) is 0 Å². The fourth-order valence-corrected chi connectivity index (χ4v) is 1.89. The van der Waals surface area contributed by atoms with Gasteiger partial charge < -0.3 is 9.84 Å². The lowest BCUT2D eigenvalue weighted by molar-refractivity contribution is 0.0697. The molecule has 2 aromatic rings. The predicted molar refractivity (Wildman–Crippen MR) is 79.5 cm³/mol. The van der Waals surface area contributed by atoms with E-state index in [0.29, 0.717) is 12.4 Å². The fraction of sp³-hybridized carbons (Fsp3) is 0.250. The summed E-state index contributed by atoms with van der Waals surface area (Å²) in [5, 5.41) is 8.81. The van der Waals surface area contributed by atoms with E-state index in [4.69, 9.17) is 9.84 Å². The molecule has 21 heavy (non-hydrogen) atoms. The minimum Gasteiger partial charge on any atom is -0.492 e. The highest BCUT2D eigenvalue weighted by Crippen LogP contribution is 2.12. The molecule has 0 amide bonds. The number of carboxylic acids is 1. The second kappa shape index (κ2) is 7.40. The maximum Gasteiger partial charge on any atom is 0.335 e. The van der Waals surface area contributed by atoms with Crippen molar-refractivity contribution >= 4 is 5.97 Å². The second-order valence-electron chi connectivity index (χ2n) is 4.77. The van der Waals surface area contributed by atoms with Gasteiger partial charge in [-0.05, 0) is 49.0 Å². The van der Waals surface area contributed by atoms with Crippen molar-refractivity contribution in [3.05, 3.63) is 59.9 Å². The topological polar surface area (TPSA) is 62.7 Å². The number of carbonyl (C=O) groups is 1. The van der Waals surface area contributed by atoms with E-state index in [2.05, 4.69) is 9.88 Å². The summed E-state index contributed by atoms with van der Waals surface area (Å²) in [6.07, 6.45) is 3.56. The third-order valence-corrected chi connectivity index (χ3v) is 3.04. The third-order valence-electron chi connectivity index (χ3n) is 3.04. The average Bonchev–Trinajstić information content (AvgIpc) is 2.49. The van der Waals surface area contributed by atoms with Crippen molar-refractivity contribution in [1.29, 1.82) is 0 Å². The molecule has 0 saturated carbocycles. The smallest absolute Gasteiger partial charge is 0.335 e. The van der Waals surface area contributed by atoms with Crippen LogP contribution in [0.1, 0.15) is 15.9 Å².